The highest BCUT2D eigenvalue weighted by molar-refractivity contribution is 5.33. The second-order valence-electron chi connectivity index (χ2n) is 7.16. The maximum Gasteiger partial charge on any atom is 0.0243 e. The van der Waals surface area contributed by atoms with Gasteiger partial charge >= 0.3 is 0 Å². The Hall–Kier alpha value is -0.860. The number of benzene rings is 1. The smallest absolute Gasteiger partial charge is 0.0243 e. The van der Waals surface area contributed by atoms with E-state index in [4.69, 9.17) is 0 Å². The monoisotopic (exact) mass is 286 g/mol. The zero-order chi connectivity index (χ0) is 14.7. The van der Waals surface area contributed by atoms with Crippen LogP contribution in [0.5, 0.6) is 0 Å². The topological polar surface area (TPSA) is 15.3 Å². The molecule has 0 amide bonds. The summed E-state index contributed by atoms with van der Waals surface area (Å²) < 4.78 is 0. The maximum atomic E-state index is 3.74. The zero-order valence-electron chi connectivity index (χ0n) is 13.6. The Morgan fingerprint density at radius 3 is 2.52 bits per heavy atom. The van der Waals surface area contributed by atoms with Crippen molar-refractivity contribution in [3.63, 3.8) is 0 Å². The summed E-state index contributed by atoms with van der Waals surface area (Å²) in [4.78, 5) is 2.68. The lowest BCUT2D eigenvalue weighted by atomic mass is 10.0. The predicted octanol–water partition coefficient (Wildman–Crippen LogP) is 3.77. The summed E-state index contributed by atoms with van der Waals surface area (Å²) in [6.07, 6.45) is 5.54. The van der Waals surface area contributed by atoms with Crippen molar-refractivity contribution < 1.29 is 0 Å². The molecule has 116 valence electrons. The van der Waals surface area contributed by atoms with Crippen LogP contribution in [-0.4, -0.2) is 30.6 Å². The van der Waals surface area contributed by atoms with E-state index in [-0.39, 0.29) is 0 Å². The molecule has 21 heavy (non-hydrogen) atoms. The molecular weight excluding hydrogens is 256 g/mol. The molecule has 1 atom stereocenters. The molecule has 0 radical (unpaired) electrons. The molecule has 2 nitrogen and oxygen atoms in total. The molecule has 1 unspecified atom stereocenters. The van der Waals surface area contributed by atoms with Crippen LogP contribution in [0.1, 0.15) is 56.6 Å². The number of nitrogens with zero attached hydrogens (tertiary/aromatic N) is 1. The standard InChI is InChI=1S/C19H30N2/c1-15(2)19(21-11-5-6-12-21)14-20-13-17-7-3-4-8-18(17)16-9-10-16/h3-4,7-8,15-16,19-20H,5-6,9-14H2,1-2H3. The first kappa shape index (κ1) is 15.1. The molecule has 2 aliphatic rings. The average Bonchev–Trinajstić information content (AvgIpc) is 3.19. The number of nitrogens with one attached hydrogen (secondary N) is 1. The fraction of sp³-hybridized carbons (Fsp3) is 0.684. The van der Waals surface area contributed by atoms with Gasteiger partial charge in [0, 0.05) is 19.1 Å². The Balaban J connectivity index is 1.54. The van der Waals surface area contributed by atoms with Gasteiger partial charge in [-0.1, -0.05) is 38.1 Å². The van der Waals surface area contributed by atoms with Gasteiger partial charge < -0.3 is 5.32 Å². The third-order valence-corrected chi connectivity index (χ3v) is 5.12. The third kappa shape index (κ3) is 3.87. The molecule has 1 N–H and O–H groups in total. The van der Waals surface area contributed by atoms with Gasteiger partial charge in [-0.15, -0.1) is 0 Å². The SMILES string of the molecule is CC(C)C(CNCc1ccccc1C1CC1)N1CCCC1. The van der Waals surface area contributed by atoms with Crippen LogP contribution >= 0.6 is 0 Å². The van der Waals surface area contributed by atoms with Gasteiger partial charge in [0.15, 0.2) is 0 Å². The number of hydrogen-bond donors (Lipinski definition) is 1. The maximum absolute atomic E-state index is 3.74. The van der Waals surface area contributed by atoms with E-state index in [2.05, 4.69) is 48.3 Å². The van der Waals surface area contributed by atoms with E-state index in [1.807, 2.05) is 0 Å². The van der Waals surface area contributed by atoms with Gasteiger partial charge in [-0.05, 0) is 61.7 Å². The van der Waals surface area contributed by atoms with Crippen LogP contribution in [0.3, 0.4) is 0 Å². The van der Waals surface area contributed by atoms with Crippen molar-refractivity contribution in [2.45, 2.75) is 58.0 Å². The number of likely N-dealkylation sites (tertiary alicyclic amines) is 1. The lowest BCUT2D eigenvalue weighted by Gasteiger charge is -2.31. The molecule has 1 saturated carbocycles. The van der Waals surface area contributed by atoms with E-state index in [1.54, 1.807) is 5.56 Å². The van der Waals surface area contributed by atoms with Crippen molar-refractivity contribution in [1.82, 2.24) is 10.2 Å². The largest absolute Gasteiger partial charge is 0.311 e. The minimum absolute atomic E-state index is 0.695. The highest BCUT2D eigenvalue weighted by Gasteiger charge is 2.26. The molecule has 1 aromatic rings. The summed E-state index contributed by atoms with van der Waals surface area (Å²) in [7, 11) is 0. The van der Waals surface area contributed by atoms with Gasteiger partial charge in [0.25, 0.3) is 0 Å². The molecular formula is C19H30N2. The fourth-order valence-corrected chi connectivity index (χ4v) is 3.70. The van der Waals surface area contributed by atoms with Gasteiger partial charge in [-0.25, -0.2) is 0 Å². The van der Waals surface area contributed by atoms with Gasteiger partial charge in [0.1, 0.15) is 0 Å². The normalized spacial score (nSPS) is 21.1. The first-order chi connectivity index (χ1) is 10.3. The van der Waals surface area contributed by atoms with Crippen molar-refractivity contribution in [2.75, 3.05) is 19.6 Å². The molecule has 2 heteroatoms. The average molecular weight is 286 g/mol. The second-order valence-corrected chi connectivity index (χ2v) is 7.16. The van der Waals surface area contributed by atoms with Crippen molar-refractivity contribution in [3.05, 3.63) is 35.4 Å². The minimum Gasteiger partial charge on any atom is -0.311 e. The lowest BCUT2D eigenvalue weighted by molar-refractivity contribution is 0.186. The third-order valence-electron chi connectivity index (χ3n) is 5.12. The molecule has 1 heterocycles. The summed E-state index contributed by atoms with van der Waals surface area (Å²) in [6, 6.07) is 9.71. The summed E-state index contributed by atoms with van der Waals surface area (Å²) in [5, 5.41) is 3.74. The highest BCUT2D eigenvalue weighted by Crippen LogP contribution is 2.41. The highest BCUT2D eigenvalue weighted by atomic mass is 15.2. The first-order valence-corrected chi connectivity index (χ1v) is 8.78. The minimum atomic E-state index is 0.695. The predicted molar refractivity (Wildman–Crippen MR) is 89.6 cm³/mol. The summed E-state index contributed by atoms with van der Waals surface area (Å²) >= 11 is 0. The quantitative estimate of drug-likeness (QED) is 0.821. The van der Waals surface area contributed by atoms with Crippen LogP contribution in [0.15, 0.2) is 24.3 Å². The molecule has 1 aliphatic carbocycles. The van der Waals surface area contributed by atoms with Crippen molar-refractivity contribution in [1.29, 1.82) is 0 Å². The van der Waals surface area contributed by atoms with Crippen LogP contribution in [0.25, 0.3) is 0 Å². The Labute approximate surface area is 129 Å². The Morgan fingerprint density at radius 2 is 1.86 bits per heavy atom. The number of rotatable bonds is 7. The van der Waals surface area contributed by atoms with Crippen LogP contribution in [-0.2, 0) is 6.54 Å². The van der Waals surface area contributed by atoms with Crippen molar-refractivity contribution in [2.24, 2.45) is 5.92 Å². The molecule has 3 rings (SSSR count). The fourth-order valence-electron chi connectivity index (χ4n) is 3.70. The van der Waals surface area contributed by atoms with E-state index in [0.717, 1.165) is 24.9 Å². The molecule has 1 aromatic carbocycles. The van der Waals surface area contributed by atoms with Crippen LogP contribution in [0, 0.1) is 5.92 Å². The van der Waals surface area contributed by atoms with Gasteiger partial charge in [-0.2, -0.15) is 0 Å². The van der Waals surface area contributed by atoms with E-state index in [9.17, 15) is 0 Å². The summed E-state index contributed by atoms with van der Waals surface area (Å²) in [6.45, 7) is 9.47. The summed E-state index contributed by atoms with van der Waals surface area (Å²) in [5.41, 5.74) is 3.11. The number of hydrogen-bond acceptors (Lipinski definition) is 2. The molecule has 0 spiro atoms. The second kappa shape index (κ2) is 6.93. The van der Waals surface area contributed by atoms with Crippen molar-refractivity contribution >= 4 is 0 Å². The van der Waals surface area contributed by atoms with Crippen LogP contribution in [0.4, 0.5) is 0 Å². The molecule has 1 saturated heterocycles. The van der Waals surface area contributed by atoms with Gasteiger partial charge in [0.2, 0.25) is 0 Å². The van der Waals surface area contributed by atoms with E-state index >= 15 is 0 Å². The Morgan fingerprint density at radius 1 is 1.14 bits per heavy atom. The van der Waals surface area contributed by atoms with E-state index in [0.29, 0.717) is 6.04 Å². The summed E-state index contributed by atoms with van der Waals surface area (Å²) in [5.74, 6) is 1.58. The Bertz CT molecular complexity index is 445. The lowest BCUT2D eigenvalue weighted by Crippen LogP contribution is -2.44. The molecule has 2 fully saturated rings. The first-order valence-electron chi connectivity index (χ1n) is 8.78. The van der Waals surface area contributed by atoms with Crippen LogP contribution < -0.4 is 5.32 Å². The van der Waals surface area contributed by atoms with Crippen molar-refractivity contribution in [3.8, 4) is 0 Å². The molecule has 0 bridgehead atoms. The van der Waals surface area contributed by atoms with Gasteiger partial charge in [0.05, 0.1) is 0 Å². The van der Waals surface area contributed by atoms with Gasteiger partial charge in [-0.3, -0.25) is 4.90 Å². The van der Waals surface area contributed by atoms with E-state index in [1.165, 1.54) is 44.3 Å². The molecule has 0 aromatic heterocycles. The van der Waals surface area contributed by atoms with Crippen LogP contribution in [0.2, 0.25) is 0 Å². The molecule has 1 aliphatic heterocycles. The Kier molecular flexibility index (Phi) is 4.97. The zero-order valence-corrected chi connectivity index (χ0v) is 13.6. The van der Waals surface area contributed by atoms with E-state index < -0.39 is 0 Å².